The number of nitrogens with one attached hydrogen (secondary N) is 1. The average molecular weight is 278 g/mol. The van der Waals surface area contributed by atoms with Crippen molar-refractivity contribution in [3.63, 3.8) is 0 Å². The van der Waals surface area contributed by atoms with Gasteiger partial charge in [-0.05, 0) is 43.9 Å². The van der Waals surface area contributed by atoms with Gasteiger partial charge in [-0.15, -0.1) is 0 Å². The largest absolute Gasteiger partial charge is 0.352 e. The third-order valence-corrected chi connectivity index (χ3v) is 4.94. The molecule has 0 radical (unpaired) electrons. The third kappa shape index (κ3) is 3.98. The molecule has 114 valence electrons. The molecule has 0 bridgehead atoms. The normalized spacial score (nSPS) is 26.9. The number of carbonyl (C=O) groups is 1. The molecular weight excluding hydrogens is 248 g/mol. The third-order valence-electron chi connectivity index (χ3n) is 4.94. The maximum atomic E-state index is 12.6. The highest BCUT2D eigenvalue weighted by Crippen LogP contribution is 2.32. The molecule has 0 aromatic carbocycles. The summed E-state index contributed by atoms with van der Waals surface area (Å²) in [5, 5.41) is 12.7. The first-order chi connectivity index (χ1) is 9.49. The molecule has 3 heteroatoms. The van der Waals surface area contributed by atoms with Gasteiger partial charge in [0.2, 0.25) is 5.91 Å². The minimum absolute atomic E-state index is 0.0320. The summed E-state index contributed by atoms with van der Waals surface area (Å²) in [5.41, 5.74) is -0.810. The second-order valence-electron chi connectivity index (χ2n) is 6.63. The van der Waals surface area contributed by atoms with Gasteiger partial charge >= 0.3 is 0 Å². The zero-order chi connectivity index (χ0) is 15.2. The van der Waals surface area contributed by atoms with Crippen LogP contribution in [0, 0.1) is 28.6 Å². The lowest BCUT2D eigenvalue weighted by atomic mass is 9.77. The van der Waals surface area contributed by atoms with E-state index < -0.39 is 5.41 Å². The van der Waals surface area contributed by atoms with E-state index in [0.717, 1.165) is 31.6 Å². The van der Waals surface area contributed by atoms with Crippen LogP contribution in [0.3, 0.4) is 0 Å². The van der Waals surface area contributed by atoms with E-state index in [9.17, 15) is 10.1 Å². The molecule has 1 aliphatic rings. The van der Waals surface area contributed by atoms with Crippen molar-refractivity contribution in [3.8, 4) is 6.07 Å². The lowest BCUT2D eigenvalue weighted by Crippen LogP contribution is -2.47. The molecule has 3 unspecified atom stereocenters. The van der Waals surface area contributed by atoms with Crippen LogP contribution >= 0.6 is 0 Å². The van der Waals surface area contributed by atoms with Gasteiger partial charge in [0.1, 0.15) is 5.41 Å². The van der Waals surface area contributed by atoms with E-state index in [0.29, 0.717) is 18.8 Å². The van der Waals surface area contributed by atoms with Crippen molar-refractivity contribution in [2.24, 2.45) is 17.3 Å². The van der Waals surface area contributed by atoms with Crippen molar-refractivity contribution in [2.75, 3.05) is 0 Å². The average Bonchev–Trinajstić information content (AvgIpc) is 2.42. The second kappa shape index (κ2) is 7.67. The van der Waals surface area contributed by atoms with Gasteiger partial charge in [-0.2, -0.15) is 5.26 Å². The maximum Gasteiger partial charge on any atom is 0.240 e. The summed E-state index contributed by atoms with van der Waals surface area (Å²) in [6, 6.07) is 2.57. The molecule has 0 aliphatic heterocycles. The van der Waals surface area contributed by atoms with Crippen LogP contribution in [0.25, 0.3) is 0 Å². The summed E-state index contributed by atoms with van der Waals surface area (Å²) >= 11 is 0. The zero-order valence-electron chi connectivity index (χ0n) is 13.5. The van der Waals surface area contributed by atoms with Crippen molar-refractivity contribution in [3.05, 3.63) is 0 Å². The second-order valence-corrected chi connectivity index (χ2v) is 6.63. The topological polar surface area (TPSA) is 52.9 Å². The summed E-state index contributed by atoms with van der Waals surface area (Å²) in [6.07, 6.45) is 6.36. The first-order valence-electron chi connectivity index (χ1n) is 8.21. The summed E-state index contributed by atoms with van der Waals surface area (Å²) in [6.45, 7) is 8.63. The van der Waals surface area contributed by atoms with Crippen LogP contribution in [0.1, 0.15) is 72.6 Å². The molecular formula is C17H30N2O. The molecule has 0 saturated heterocycles. The van der Waals surface area contributed by atoms with E-state index in [-0.39, 0.29) is 11.9 Å². The standard InChI is InChI=1S/C17H30N2O/c1-5-9-17(12-18,10-6-2)16(20)19-15-8-7-13(3)14(4)11-15/h13-15H,5-11H2,1-4H3,(H,19,20). The lowest BCUT2D eigenvalue weighted by molar-refractivity contribution is -0.130. The predicted octanol–water partition coefficient (Wildman–Crippen LogP) is 4.04. The fourth-order valence-electron chi connectivity index (χ4n) is 3.37. The summed E-state index contributed by atoms with van der Waals surface area (Å²) < 4.78 is 0. The van der Waals surface area contributed by atoms with Crippen LogP contribution in [0.2, 0.25) is 0 Å². The van der Waals surface area contributed by atoms with Gasteiger partial charge in [-0.25, -0.2) is 0 Å². The van der Waals surface area contributed by atoms with Crippen LogP contribution in [-0.4, -0.2) is 11.9 Å². The van der Waals surface area contributed by atoms with Crippen molar-refractivity contribution in [2.45, 2.75) is 78.7 Å². The van der Waals surface area contributed by atoms with Gasteiger partial charge in [0.15, 0.2) is 0 Å². The highest BCUT2D eigenvalue weighted by atomic mass is 16.2. The van der Waals surface area contributed by atoms with E-state index in [1.807, 2.05) is 13.8 Å². The van der Waals surface area contributed by atoms with Crippen molar-refractivity contribution >= 4 is 5.91 Å². The molecule has 1 aliphatic carbocycles. The van der Waals surface area contributed by atoms with E-state index in [2.05, 4.69) is 25.2 Å². The van der Waals surface area contributed by atoms with E-state index in [1.165, 1.54) is 6.42 Å². The van der Waals surface area contributed by atoms with E-state index >= 15 is 0 Å². The minimum Gasteiger partial charge on any atom is -0.352 e. The Morgan fingerprint density at radius 3 is 2.25 bits per heavy atom. The fourth-order valence-corrected chi connectivity index (χ4v) is 3.37. The quantitative estimate of drug-likeness (QED) is 0.797. The van der Waals surface area contributed by atoms with Crippen LogP contribution in [-0.2, 0) is 4.79 Å². The number of rotatable bonds is 6. The van der Waals surface area contributed by atoms with Gasteiger partial charge in [-0.3, -0.25) is 4.79 Å². The van der Waals surface area contributed by atoms with Gasteiger partial charge in [0.05, 0.1) is 6.07 Å². The minimum atomic E-state index is -0.810. The molecule has 3 atom stereocenters. The molecule has 1 fully saturated rings. The molecule has 1 saturated carbocycles. The highest BCUT2D eigenvalue weighted by molar-refractivity contribution is 5.85. The Kier molecular flexibility index (Phi) is 6.52. The Balaban J connectivity index is 2.69. The number of carbonyl (C=O) groups excluding carboxylic acids is 1. The molecule has 1 N–H and O–H groups in total. The number of nitrogens with zero attached hydrogens (tertiary/aromatic N) is 1. The van der Waals surface area contributed by atoms with Gasteiger partial charge in [-0.1, -0.05) is 40.5 Å². The molecule has 0 heterocycles. The van der Waals surface area contributed by atoms with Crippen LogP contribution in [0.5, 0.6) is 0 Å². The van der Waals surface area contributed by atoms with Gasteiger partial charge < -0.3 is 5.32 Å². The fraction of sp³-hybridized carbons (Fsp3) is 0.882. The Labute approximate surface area is 124 Å². The molecule has 3 nitrogen and oxygen atoms in total. The first-order valence-corrected chi connectivity index (χ1v) is 8.21. The molecule has 0 spiro atoms. The smallest absolute Gasteiger partial charge is 0.240 e. The molecule has 1 rings (SSSR count). The van der Waals surface area contributed by atoms with Crippen molar-refractivity contribution < 1.29 is 4.79 Å². The molecule has 0 aromatic rings. The summed E-state index contributed by atoms with van der Waals surface area (Å²) in [7, 11) is 0. The predicted molar refractivity (Wildman–Crippen MR) is 82.0 cm³/mol. The Bertz CT molecular complexity index is 352. The van der Waals surface area contributed by atoms with E-state index in [1.54, 1.807) is 0 Å². The van der Waals surface area contributed by atoms with Crippen molar-refractivity contribution in [1.82, 2.24) is 5.32 Å². The van der Waals surface area contributed by atoms with Gasteiger partial charge in [0.25, 0.3) is 0 Å². The molecule has 1 amide bonds. The highest BCUT2D eigenvalue weighted by Gasteiger charge is 2.38. The number of amides is 1. The monoisotopic (exact) mass is 278 g/mol. The van der Waals surface area contributed by atoms with Crippen LogP contribution in [0.4, 0.5) is 0 Å². The summed E-state index contributed by atoms with van der Waals surface area (Å²) in [4.78, 5) is 12.6. The van der Waals surface area contributed by atoms with Crippen molar-refractivity contribution in [1.29, 1.82) is 5.26 Å². The zero-order valence-corrected chi connectivity index (χ0v) is 13.5. The number of nitriles is 1. The Morgan fingerprint density at radius 1 is 1.20 bits per heavy atom. The lowest BCUT2D eigenvalue weighted by Gasteiger charge is -2.34. The number of hydrogen-bond acceptors (Lipinski definition) is 2. The first kappa shape index (κ1) is 17.0. The molecule has 0 aromatic heterocycles. The van der Waals surface area contributed by atoms with E-state index in [4.69, 9.17) is 0 Å². The van der Waals surface area contributed by atoms with Crippen LogP contribution < -0.4 is 5.32 Å². The van der Waals surface area contributed by atoms with Crippen LogP contribution in [0.15, 0.2) is 0 Å². The summed E-state index contributed by atoms with van der Waals surface area (Å²) in [5.74, 6) is 1.37. The van der Waals surface area contributed by atoms with Gasteiger partial charge in [0, 0.05) is 6.04 Å². The molecule has 20 heavy (non-hydrogen) atoms. The maximum absolute atomic E-state index is 12.6. The number of hydrogen-bond donors (Lipinski definition) is 1. The Morgan fingerprint density at radius 2 is 1.80 bits per heavy atom. The SMILES string of the molecule is CCCC(C#N)(CCC)C(=O)NC1CCC(C)C(C)C1. The Hall–Kier alpha value is -1.04.